The predicted octanol–water partition coefficient (Wildman–Crippen LogP) is 5.20. The van der Waals surface area contributed by atoms with E-state index in [-0.39, 0.29) is 5.91 Å². The van der Waals surface area contributed by atoms with Crippen LogP contribution in [0.3, 0.4) is 0 Å². The number of para-hydroxylation sites is 2. The first-order chi connectivity index (χ1) is 17.2. The molecule has 3 aromatic carbocycles. The van der Waals surface area contributed by atoms with Crippen LogP contribution in [-0.2, 0) is 6.42 Å². The van der Waals surface area contributed by atoms with Gasteiger partial charge in [-0.2, -0.15) is 0 Å². The fraction of sp³-hybridized carbons (Fsp3) is 0.286. The average molecular weight is 487 g/mol. The molecule has 1 aliphatic heterocycles. The van der Waals surface area contributed by atoms with Crippen LogP contribution in [0.25, 0.3) is 10.2 Å². The van der Waals surface area contributed by atoms with Crippen LogP contribution >= 0.6 is 11.3 Å². The van der Waals surface area contributed by atoms with Gasteiger partial charge in [-0.1, -0.05) is 54.7 Å². The average Bonchev–Trinajstić information content (AvgIpc) is 3.34. The molecule has 1 amide bonds. The Kier molecular flexibility index (Phi) is 7.25. The number of ether oxygens (including phenoxy) is 1. The second-order valence-electron chi connectivity index (χ2n) is 8.64. The molecule has 6 nitrogen and oxygen atoms in total. The molecule has 180 valence electrons. The molecule has 4 aromatic rings. The van der Waals surface area contributed by atoms with E-state index >= 15 is 0 Å². The summed E-state index contributed by atoms with van der Waals surface area (Å²) in [5, 5.41) is 4.17. The molecule has 0 aliphatic carbocycles. The number of anilines is 1. The summed E-state index contributed by atoms with van der Waals surface area (Å²) in [5.74, 6) is 1.32. The summed E-state index contributed by atoms with van der Waals surface area (Å²) in [4.78, 5) is 22.4. The van der Waals surface area contributed by atoms with E-state index < -0.39 is 0 Å². The minimum Gasteiger partial charge on any atom is -0.457 e. The number of amides is 1. The van der Waals surface area contributed by atoms with Crippen molar-refractivity contribution in [2.45, 2.75) is 13.3 Å². The van der Waals surface area contributed by atoms with Crippen molar-refractivity contribution in [1.29, 1.82) is 0 Å². The number of piperazine rings is 1. The Morgan fingerprint density at radius 3 is 2.54 bits per heavy atom. The van der Waals surface area contributed by atoms with Crippen LogP contribution < -0.4 is 15.0 Å². The third kappa shape index (κ3) is 5.63. The minimum atomic E-state index is -0.0802. The molecule has 1 saturated heterocycles. The number of hydrogen-bond donors (Lipinski definition) is 1. The maximum atomic E-state index is 12.7. The smallest absolute Gasteiger partial charge is 0.251 e. The zero-order valence-corrected chi connectivity index (χ0v) is 20.8. The Morgan fingerprint density at radius 1 is 0.971 bits per heavy atom. The summed E-state index contributed by atoms with van der Waals surface area (Å²) in [7, 11) is 0. The van der Waals surface area contributed by atoms with E-state index in [0.29, 0.717) is 17.9 Å². The molecule has 1 N–H and O–H groups in total. The number of fused-ring (bicyclic) bond motifs is 1. The van der Waals surface area contributed by atoms with E-state index in [4.69, 9.17) is 9.72 Å². The predicted molar refractivity (Wildman–Crippen MR) is 143 cm³/mol. The first-order valence-electron chi connectivity index (χ1n) is 12.2. The van der Waals surface area contributed by atoms with Gasteiger partial charge in [0.1, 0.15) is 11.5 Å². The molecular formula is C28H30N4O2S. The number of carbonyl (C=O) groups excluding carboxylic acids is 1. The van der Waals surface area contributed by atoms with Gasteiger partial charge in [0.15, 0.2) is 5.13 Å². The highest BCUT2D eigenvalue weighted by Crippen LogP contribution is 2.31. The first-order valence-corrected chi connectivity index (χ1v) is 13.0. The molecular weight excluding hydrogens is 456 g/mol. The number of benzene rings is 3. The lowest BCUT2D eigenvalue weighted by Gasteiger charge is -2.34. The van der Waals surface area contributed by atoms with Crippen LogP contribution in [-0.4, -0.2) is 55.1 Å². The van der Waals surface area contributed by atoms with Crippen molar-refractivity contribution >= 4 is 32.6 Å². The number of nitrogens with zero attached hydrogens (tertiary/aromatic N) is 3. The van der Waals surface area contributed by atoms with Crippen molar-refractivity contribution in [2.75, 3.05) is 44.2 Å². The van der Waals surface area contributed by atoms with Crippen molar-refractivity contribution in [1.82, 2.24) is 15.2 Å². The summed E-state index contributed by atoms with van der Waals surface area (Å²) in [6.07, 6.45) is 1.00. The standard InChI is InChI=1S/C28H30N4O2S/c1-2-21-8-7-13-25-26(21)30-28(35-25)32-18-16-31(17-19-32)15-14-29-27(33)22-9-6-12-24(20-22)34-23-10-4-3-5-11-23/h3-13,20H,2,14-19H2,1H3,(H,29,33). The fourth-order valence-corrected chi connectivity index (χ4v) is 5.40. The van der Waals surface area contributed by atoms with E-state index in [2.05, 4.69) is 40.2 Å². The highest BCUT2D eigenvalue weighted by atomic mass is 32.1. The van der Waals surface area contributed by atoms with E-state index in [1.54, 1.807) is 17.4 Å². The Bertz CT molecular complexity index is 1280. The highest BCUT2D eigenvalue weighted by molar-refractivity contribution is 7.22. The lowest BCUT2D eigenvalue weighted by molar-refractivity contribution is 0.0947. The number of rotatable bonds is 8. The summed E-state index contributed by atoms with van der Waals surface area (Å²) < 4.78 is 7.12. The quantitative estimate of drug-likeness (QED) is 0.371. The minimum absolute atomic E-state index is 0.0802. The molecule has 1 fully saturated rings. The summed E-state index contributed by atoms with van der Waals surface area (Å²) >= 11 is 1.78. The van der Waals surface area contributed by atoms with Crippen LogP contribution in [0, 0.1) is 0 Å². The maximum Gasteiger partial charge on any atom is 0.251 e. The summed E-state index contributed by atoms with van der Waals surface area (Å²) in [6.45, 7) is 7.46. The topological polar surface area (TPSA) is 57.7 Å². The molecule has 7 heteroatoms. The van der Waals surface area contributed by atoms with Crippen molar-refractivity contribution in [3.05, 3.63) is 83.9 Å². The van der Waals surface area contributed by atoms with Crippen molar-refractivity contribution in [3.63, 3.8) is 0 Å². The number of thiazole rings is 1. The van der Waals surface area contributed by atoms with Crippen LogP contribution in [0.1, 0.15) is 22.8 Å². The zero-order chi connectivity index (χ0) is 24.0. The maximum absolute atomic E-state index is 12.7. The Balaban J connectivity index is 1.09. The number of aryl methyl sites for hydroxylation is 1. The SMILES string of the molecule is CCc1cccc2sc(N3CCN(CCNC(=O)c4cccc(Oc5ccccc5)c4)CC3)nc12. The number of carbonyl (C=O) groups is 1. The monoisotopic (exact) mass is 486 g/mol. The van der Waals surface area contributed by atoms with Crippen LogP contribution in [0.15, 0.2) is 72.8 Å². The van der Waals surface area contributed by atoms with Gasteiger partial charge in [0, 0.05) is 44.8 Å². The fourth-order valence-electron chi connectivity index (χ4n) is 4.33. The van der Waals surface area contributed by atoms with Gasteiger partial charge in [0.2, 0.25) is 0 Å². The number of hydrogen-bond acceptors (Lipinski definition) is 6. The third-order valence-electron chi connectivity index (χ3n) is 6.30. The van der Waals surface area contributed by atoms with Gasteiger partial charge in [0.25, 0.3) is 5.91 Å². The normalized spacial score (nSPS) is 14.3. The second-order valence-corrected chi connectivity index (χ2v) is 9.65. The van der Waals surface area contributed by atoms with Gasteiger partial charge in [0.05, 0.1) is 10.2 Å². The van der Waals surface area contributed by atoms with Crippen LogP contribution in [0.5, 0.6) is 11.5 Å². The first kappa shape index (κ1) is 23.3. The molecule has 5 rings (SSSR count). The third-order valence-corrected chi connectivity index (χ3v) is 7.39. The van der Waals surface area contributed by atoms with E-state index in [0.717, 1.165) is 55.5 Å². The van der Waals surface area contributed by atoms with E-state index in [1.807, 2.05) is 48.5 Å². The highest BCUT2D eigenvalue weighted by Gasteiger charge is 2.20. The van der Waals surface area contributed by atoms with Crippen molar-refractivity contribution < 1.29 is 9.53 Å². The molecule has 1 aliphatic rings. The lowest BCUT2D eigenvalue weighted by atomic mass is 10.1. The molecule has 2 heterocycles. The summed E-state index contributed by atoms with van der Waals surface area (Å²) in [5.41, 5.74) is 3.07. The molecule has 0 saturated carbocycles. The van der Waals surface area contributed by atoms with Crippen LogP contribution in [0.4, 0.5) is 5.13 Å². The van der Waals surface area contributed by atoms with Crippen molar-refractivity contribution in [3.8, 4) is 11.5 Å². The van der Waals surface area contributed by atoms with E-state index in [9.17, 15) is 4.79 Å². The second kappa shape index (κ2) is 10.9. The molecule has 0 spiro atoms. The largest absolute Gasteiger partial charge is 0.457 e. The molecule has 0 radical (unpaired) electrons. The van der Waals surface area contributed by atoms with Gasteiger partial charge < -0.3 is 15.0 Å². The van der Waals surface area contributed by atoms with E-state index in [1.165, 1.54) is 10.3 Å². The van der Waals surface area contributed by atoms with Gasteiger partial charge in [-0.25, -0.2) is 4.98 Å². The Hall–Kier alpha value is -3.42. The van der Waals surface area contributed by atoms with Crippen LogP contribution in [0.2, 0.25) is 0 Å². The van der Waals surface area contributed by atoms with Gasteiger partial charge in [-0.3, -0.25) is 9.69 Å². The molecule has 35 heavy (non-hydrogen) atoms. The zero-order valence-electron chi connectivity index (χ0n) is 19.9. The number of nitrogens with one attached hydrogen (secondary N) is 1. The van der Waals surface area contributed by atoms with Gasteiger partial charge in [-0.15, -0.1) is 0 Å². The lowest BCUT2D eigenvalue weighted by Crippen LogP contribution is -2.48. The van der Waals surface area contributed by atoms with Gasteiger partial charge in [-0.05, 0) is 48.4 Å². The molecule has 0 atom stereocenters. The molecule has 1 aromatic heterocycles. The Labute approximate surface area is 210 Å². The Morgan fingerprint density at radius 2 is 1.74 bits per heavy atom. The van der Waals surface area contributed by atoms with Crippen molar-refractivity contribution in [2.24, 2.45) is 0 Å². The summed E-state index contributed by atoms with van der Waals surface area (Å²) in [6, 6.07) is 23.3. The molecule has 0 bridgehead atoms. The molecule has 0 unspecified atom stereocenters. The number of aromatic nitrogens is 1. The van der Waals surface area contributed by atoms with Gasteiger partial charge >= 0.3 is 0 Å².